The molecule has 1 aromatic heterocycles. The fraction of sp³-hybridized carbons (Fsp3) is 0.600. The zero-order valence-electron chi connectivity index (χ0n) is 7.66. The first-order chi connectivity index (χ1) is 6.45. The molecular formula is C10H15NS2. The van der Waals surface area contributed by atoms with Crippen molar-refractivity contribution in [2.75, 3.05) is 18.1 Å². The predicted octanol–water partition coefficient (Wildman–Crippen LogP) is 2.39. The average molecular weight is 213 g/mol. The van der Waals surface area contributed by atoms with Gasteiger partial charge >= 0.3 is 0 Å². The van der Waals surface area contributed by atoms with Crippen LogP contribution in [-0.2, 0) is 6.42 Å². The Kier molecular flexibility index (Phi) is 3.70. The summed E-state index contributed by atoms with van der Waals surface area (Å²) in [5.41, 5.74) is 0. The lowest BCUT2D eigenvalue weighted by atomic mass is 10.2. The fourth-order valence-electron chi connectivity index (χ4n) is 1.38. The van der Waals surface area contributed by atoms with Crippen molar-refractivity contribution in [1.29, 1.82) is 0 Å². The van der Waals surface area contributed by atoms with Gasteiger partial charge in [-0.05, 0) is 30.8 Å². The van der Waals surface area contributed by atoms with E-state index < -0.39 is 0 Å². The van der Waals surface area contributed by atoms with Crippen molar-refractivity contribution in [3.05, 3.63) is 22.4 Å². The molecule has 0 amide bonds. The molecule has 0 atom stereocenters. The van der Waals surface area contributed by atoms with Crippen LogP contribution in [-0.4, -0.2) is 24.1 Å². The first kappa shape index (κ1) is 9.56. The normalized spacial score (nSPS) is 17.2. The van der Waals surface area contributed by atoms with Crippen LogP contribution in [0.15, 0.2) is 17.5 Å². The standard InChI is InChI=1S/C10H15NS2/c1(3-10-4-2-6-13-10)5-11-9-7-12-8-9/h2,4,6,9,11H,1,3,5,7-8H2. The molecule has 0 radical (unpaired) electrons. The van der Waals surface area contributed by atoms with Crippen molar-refractivity contribution in [2.24, 2.45) is 0 Å². The van der Waals surface area contributed by atoms with Crippen LogP contribution in [0.2, 0.25) is 0 Å². The minimum atomic E-state index is 0.813. The van der Waals surface area contributed by atoms with E-state index in [-0.39, 0.29) is 0 Å². The van der Waals surface area contributed by atoms with Crippen molar-refractivity contribution in [1.82, 2.24) is 5.32 Å². The van der Waals surface area contributed by atoms with Crippen LogP contribution in [0.4, 0.5) is 0 Å². The molecule has 2 heterocycles. The molecule has 1 fully saturated rings. The molecule has 1 N–H and O–H groups in total. The lowest BCUT2D eigenvalue weighted by Gasteiger charge is -2.25. The maximum absolute atomic E-state index is 3.57. The molecule has 0 unspecified atom stereocenters. The molecule has 1 aromatic rings. The van der Waals surface area contributed by atoms with Gasteiger partial charge in [-0.25, -0.2) is 0 Å². The molecule has 0 bridgehead atoms. The van der Waals surface area contributed by atoms with Gasteiger partial charge < -0.3 is 5.32 Å². The van der Waals surface area contributed by atoms with Crippen LogP contribution >= 0.6 is 23.1 Å². The predicted molar refractivity (Wildman–Crippen MR) is 61.8 cm³/mol. The Bertz CT molecular complexity index is 229. The smallest absolute Gasteiger partial charge is 0.0248 e. The Hall–Kier alpha value is 0.01000. The number of aryl methyl sites for hydroxylation is 1. The summed E-state index contributed by atoms with van der Waals surface area (Å²) in [5.74, 6) is 2.64. The summed E-state index contributed by atoms with van der Waals surface area (Å²) in [7, 11) is 0. The van der Waals surface area contributed by atoms with Gasteiger partial charge in [0.15, 0.2) is 0 Å². The molecule has 3 heteroatoms. The van der Waals surface area contributed by atoms with Crippen LogP contribution in [0.25, 0.3) is 0 Å². The van der Waals surface area contributed by atoms with Crippen molar-refractivity contribution in [3.63, 3.8) is 0 Å². The molecule has 0 spiro atoms. The molecule has 0 saturated carbocycles. The van der Waals surface area contributed by atoms with Crippen LogP contribution in [0.1, 0.15) is 11.3 Å². The van der Waals surface area contributed by atoms with E-state index in [1.165, 1.54) is 35.8 Å². The summed E-state index contributed by atoms with van der Waals surface area (Å²) in [4.78, 5) is 1.52. The first-order valence-electron chi connectivity index (χ1n) is 4.78. The Balaban J connectivity index is 1.53. The summed E-state index contributed by atoms with van der Waals surface area (Å²) < 4.78 is 0. The maximum Gasteiger partial charge on any atom is 0.0248 e. The summed E-state index contributed by atoms with van der Waals surface area (Å²) in [6.45, 7) is 1.18. The van der Waals surface area contributed by atoms with E-state index in [1.807, 2.05) is 23.1 Å². The summed E-state index contributed by atoms with van der Waals surface area (Å²) in [6, 6.07) is 5.17. The van der Waals surface area contributed by atoms with Gasteiger partial charge in [0.25, 0.3) is 0 Å². The van der Waals surface area contributed by atoms with Crippen molar-refractivity contribution in [2.45, 2.75) is 18.9 Å². The Morgan fingerprint density at radius 1 is 1.46 bits per heavy atom. The third-order valence-corrected chi connectivity index (χ3v) is 4.46. The van der Waals surface area contributed by atoms with Gasteiger partial charge in [0.2, 0.25) is 0 Å². The molecule has 1 saturated heterocycles. The summed E-state index contributed by atoms with van der Waals surface area (Å²) >= 11 is 3.91. The van der Waals surface area contributed by atoms with E-state index >= 15 is 0 Å². The van der Waals surface area contributed by atoms with Gasteiger partial charge in [0.1, 0.15) is 0 Å². The molecule has 72 valence electrons. The quantitative estimate of drug-likeness (QED) is 0.754. The molecule has 1 aliphatic rings. The van der Waals surface area contributed by atoms with Gasteiger partial charge in [0.05, 0.1) is 0 Å². The first-order valence-corrected chi connectivity index (χ1v) is 6.82. The third-order valence-electron chi connectivity index (χ3n) is 2.25. The minimum absolute atomic E-state index is 0.813. The van der Waals surface area contributed by atoms with Crippen LogP contribution in [0.3, 0.4) is 0 Å². The van der Waals surface area contributed by atoms with Gasteiger partial charge in [-0.1, -0.05) is 6.07 Å². The van der Waals surface area contributed by atoms with E-state index in [4.69, 9.17) is 0 Å². The highest BCUT2D eigenvalue weighted by atomic mass is 32.2. The van der Waals surface area contributed by atoms with Gasteiger partial charge in [0, 0.05) is 22.4 Å². The molecule has 2 rings (SSSR count). The number of thioether (sulfide) groups is 1. The Labute approximate surface area is 87.9 Å². The highest BCUT2D eigenvalue weighted by molar-refractivity contribution is 8.00. The zero-order valence-corrected chi connectivity index (χ0v) is 9.29. The average Bonchev–Trinajstić information content (AvgIpc) is 2.53. The van der Waals surface area contributed by atoms with E-state index in [2.05, 4.69) is 22.8 Å². The SMILES string of the molecule is c1csc(CCCNC2CSC2)c1. The van der Waals surface area contributed by atoms with E-state index in [9.17, 15) is 0 Å². The molecule has 13 heavy (non-hydrogen) atoms. The van der Waals surface area contributed by atoms with E-state index in [1.54, 1.807) is 0 Å². The largest absolute Gasteiger partial charge is 0.312 e. The van der Waals surface area contributed by atoms with Crippen LogP contribution in [0, 0.1) is 0 Å². The minimum Gasteiger partial charge on any atom is -0.312 e. The van der Waals surface area contributed by atoms with Crippen molar-refractivity contribution in [3.8, 4) is 0 Å². The van der Waals surface area contributed by atoms with Gasteiger partial charge in [-0.2, -0.15) is 11.8 Å². The third kappa shape index (κ3) is 3.01. The number of thiophene rings is 1. The van der Waals surface area contributed by atoms with Crippen LogP contribution < -0.4 is 5.32 Å². The lowest BCUT2D eigenvalue weighted by molar-refractivity contribution is 0.567. The second-order valence-electron chi connectivity index (χ2n) is 3.37. The van der Waals surface area contributed by atoms with Crippen molar-refractivity contribution < 1.29 is 0 Å². The Morgan fingerprint density at radius 2 is 2.38 bits per heavy atom. The monoisotopic (exact) mass is 213 g/mol. The number of hydrogen-bond acceptors (Lipinski definition) is 3. The molecule has 1 aliphatic heterocycles. The summed E-state index contributed by atoms with van der Waals surface area (Å²) in [6.07, 6.45) is 2.52. The van der Waals surface area contributed by atoms with Gasteiger partial charge in [-0.15, -0.1) is 11.3 Å². The topological polar surface area (TPSA) is 12.0 Å². The highest BCUT2D eigenvalue weighted by Gasteiger charge is 2.16. The number of rotatable bonds is 5. The second-order valence-corrected chi connectivity index (χ2v) is 5.48. The fourth-order valence-corrected chi connectivity index (χ4v) is 2.84. The number of hydrogen-bond donors (Lipinski definition) is 1. The maximum atomic E-state index is 3.57. The highest BCUT2D eigenvalue weighted by Crippen LogP contribution is 2.17. The molecule has 1 nitrogen and oxygen atoms in total. The summed E-state index contributed by atoms with van der Waals surface area (Å²) in [5, 5.41) is 5.72. The van der Waals surface area contributed by atoms with Gasteiger partial charge in [-0.3, -0.25) is 0 Å². The molecular weight excluding hydrogens is 198 g/mol. The second kappa shape index (κ2) is 5.03. The molecule has 0 aliphatic carbocycles. The molecule has 0 aromatic carbocycles. The number of nitrogens with one attached hydrogen (secondary N) is 1. The van der Waals surface area contributed by atoms with E-state index in [0.29, 0.717) is 0 Å². The van der Waals surface area contributed by atoms with Crippen LogP contribution in [0.5, 0.6) is 0 Å². The van der Waals surface area contributed by atoms with E-state index in [0.717, 1.165) is 6.04 Å². The van der Waals surface area contributed by atoms with Crippen molar-refractivity contribution >= 4 is 23.1 Å². The lowest BCUT2D eigenvalue weighted by Crippen LogP contribution is -2.40. The zero-order chi connectivity index (χ0) is 8.93. The Morgan fingerprint density at radius 3 is 3.00 bits per heavy atom.